The van der Waals surface area contributed by atoms with Crippen molar-refractivity contribution in [3.05, 3.63) is 17.0 Å². The second-order valence-electron chi connectivity index (χ2n) is 6.23. The Bertz CT molecular complexity index is 558. The van der Waals surface area contributed by atoms with E-state index >= 15 is 0 Å². The standard InChI is InChI=1S/C15H22F2N4O/c1-9-13(10(2)21(19-9)15(16)17)7-14(22)20-11-3-4-12(20)8-18-6-5-11/h11-12,15,18H,3-8H2,1-2H3. The van der Waals surface area contributed by atoms with Crippen molar-refractivity contribution in [1.29, 1.82) is 0 Å². The Morgan fingerprint density at radius 1 is 1.32 bits per heavy atom. The summed E-state index contributed by atoms with van der Waals surface area (Å²) in [5.74, 6) is 0.0382. The monoisotopic (exact) mass is 312 g/mol. The summed E-state index contributed by atoms with van der Waals surface area (Å²) in [6, 6.07) is 0.531. The van der Waals surface area contributed by atoms with Crippen molar-refractivity contribution < 1.29 is 13.6 Å². The van der Waals surface area contributed by atoms with Gasteiger partial charge in [-0.05, 0) is 39.7 Å². The van der Waals surface area contributed by atoms with Crippen LogP contribution in [0.25, 0.3) is 0 Å². The first-order chi connectivity index (χ1) is 10.5. The maximum atomic E-state index is 12.9. The first-order valence-electron chi connectivity index (χ1n) is 7.83. The fraction of sp³-hybridized carbons (Fsp3) is 0.733. The van der Waals surface area contributed by atoms with Gasteiger partial charge >= 0.3 is 6.55 Å². The van der Waals surface area contributed by atoms with Crippen molar-refractivity contribution in [2.24, 2.45) is 0 Å². The largest absolute Gasteiger partial charge is 0.335 e. The zero-order valence-corrected chi connectivity index (χ0v) is 13.0. The Morgan fingerprint density at radius 2 is 2.05 bits per heavy atom. The fourth-order valence-corrected chi connectivity index (χ4v) is 3.77. The minimum absolute atomic E-state index is 0.0382. The van der Waals surface area contributed by atoms with E-state index in [9.17, 15) is 13.6 Å². The van der Waals surface area contributed by atoms with Crippen molar-refractivity contribution in [2.75, 3.05) is 13.1 Å². The smallest absolute Gasteiger partial charge is 0.333 e. The van der Waals surface area contributed by atoms with Gasteiger partial charge in [0.15, 0.2) is 0 Å². The van der Waals surface area contributed by atoms with Crippen LogP contribution in [0.1, 0.15) is 42.8 Å². The summed E-state index contributed by atoms with van der Waals surface area (Å²) in [6.45, 7) is 2.39. The summed E-state index contributed by atoms with van der Waals surface area (Å²) in [5, 5.41) is 7.22. The van der Waals surface area contributed by atoms with E-state index in [-0.39, 0.29) is 18.4 Å². The highest BCUT2D eigenvalue weighted by Gasteiger charge is 2.38. The first kappa shape index (κ1) is 15.4. The number of rotatable bonds is 3. The van der Waals surface area contributed by atoms with Crippen LogP contribution in [-0.4, -0.2) is 45.8 Å². The lowest BCUT2D eigenvalue weighted by molar-refractivity contribution is -0.133. The van der Waals surface area contributed by atoms with E-state index in [1.165, 1.54) is 0 Å². The molecule has 3 heterocycles. The van der Waals surface area contributed by atoms with Gasteiger partial charge in [-0.1, -0.05) is 0 Å². The molecule has 122 valence electrons. The molecular formula is C15H22F2N4O. The molecule has 2 aliphatic rings. The van der Waals surface area contributed by atoms with Gasteiger partial charge in [-0.3, -0.25) is 4.79 Å². The van der Waals surface area contributed by atoms with Crippen molar-refractivity contribution in [2.45, 2.75) is 58.2 Å². The zero-order valence-electron chi connectivity index (χ0n) is 13.0. The second kappa shape index (κ2) is 5.95. The van der Waals surface area contributed by atoms with Crippen LogP contribution < -0.4 is 5.32 Å². The molecule has 2 saturated heterocycles. The number of hydrogen-bond donors (Lipinski definition) is 1. The molecule has 1 amide bonds. The molecule has 2 atom stereocenters. The van der Waals surface area contributed by atoms with Gasteiger partial charge in [0.05, 0.1) is 12.1 Å². The molecule has 2 unspecified atom stereocenters. The number of nitrogens with one attached hydrogen (secondary N) is 1. The number of halogens is 2. The quantitative estimate of drug-likeness (QED) is 0.926. The van der Waals surface area contributed by atoms with E-state index in [4.69, 9.17) is 0 Å². The Hall–Kier alpha value is -1.50. The van der Waals surface area contributed by atoms with Crippen LogP contribution in [0, 0.1) is 13.8 Å². The number of aryl methyl sites for hydroxylation is 1. The summed E-state index contributed by atoms with van der Waals surface area (Å²) < 4.78 is 26.5. The lowest BCUT2D eigenvalue weighted by Crippen LogP contribution is -2.43. The van der Waals surface area contributed by atoms with E-state index in [0.717, 1.165) is 32.4 Å². The Morgan fingerprint density at radius 3 is 2.73 bits per heavy atom. The third kappa shape index (κ3) is 2.62. The van der Waals surface area contributed by atoms with E-state index in [1.807, 2.05) is 4.90 Å². The number of fused-ring (bicyclic) bond motifs is 2. The molecule has 0 aliphatic carbocycles. The average molecular weight is 312 g/mol. The highest BCUT2D eigenvalue weighted by Crippen LogP contribution is 2.29. The molecule has 0 aromatic carbocycles. The summed E-state index contributed by atoms with van der Waals surface area (Å²) in [6.07, 6.45) is 3.21. The van der Waals surface area contributed by atoms with Crippen LogP contribution in [0.3, 0.4) is 0 Å². The number of nitrogens with zero attached hydrogens (tertiary/aromatic N) is 3. The van der Waals surface area contributed by atoms with Crippen LogP contribution in [0.15, 0.2) is 0 Å². The molecule has 1 aromatic rings. The molecule has 0 spiro atoms. The molecule has 1 N–H and O–H groups in total. The molecular weight excluding hydrogens is 290 g/mol. The molecule has 5 nitrogen and oxygen atoms in total. The molecule has 0 saturated carbocycles. The highest BCUT2D eigenvalue weighted by atomic mass is 19.3. The van der Waals surface area contributed by atoms with Crippen LogP contribution in [-0.2, 0) is 11.2 Å². The van der Waals surface area contributed by atoms with Gasteiger partial charge in [-0.15, -0.1) is 0 Å². The SMILES string of the molecule is Cc1nn(C(F)F)c(C)c1CC(=O)N1C2CCNCC1CC2. The number of amides is 1. The van der Waals surface area contributed by atoms with Crippen LogP contribution in [0.4, 0.5) is 8.78 Å². The fourth-order valence-electron chi connectivity index (χ4n) is 3.77. The summed E-state index contributed by atoms with van der Waals surface area (Å²) in [5.41, 5.74) is 1.55. The van der Waals surface area contributed by atoms with Gasteiger partial charge in [-0.2, -0.15) is 13.9 Å². The number of hydrogen-bond acceptors (Lipinski definition) is 3. The lowest BCUT2D eigenvalue weighted by atomic mass is 10.1. The second-order valence-corrected chi connectivity index (χ2v) is 6.23. The third-order valence-corrected chi connectivity index (χ3v) is 4.93. The normalized spacial score (nSPS) is 24.9. The van der Waals surface area contributed by atoms with E-state index in [1.54, 1.807) is 13.8 Å². The number of alkyl halides is 2. The third-order valence-electron chi connectivity index (χ3n) is 4.93. The van der Waals surface area contributed by atoms with Gasteiger partial charge in [0, 0.05) is 29.9 Å². The summed E-state index contributed by atoms with van der Waals surface area (Å²) in [4.78, 5) is 14.7. The average Bonchev–Trinajstić information content (AvgIpc) is 2.88. The van der Waals surface area contributed by atoms with E-state index in [2.05, 4.69) is 10.4 Å². The maximum absolute atomic E-state index is 12.9. The highest BCUT2D eigenvalue weighted by molar-refractivity contribution is 5.80. The molecule has 2 fully saturated rings. The summed E-state index contributed by atoms with van der Waals surface area (Å²) >= 11 is 0. The summed E-state index contributed by atoms with van der Waals surface area (Å²) in [7, 11) is 0. The van der Waals surface area contributed by atoms with Crippen molar-refractivity contribution in [3.63, 3.8) is 0 Å². The van der Waals surface area contributed by atoms with Crippen molar-refractivity contribution in [1.82, 2.24) is 20.0 Å². The number of carbonyl (C=O) groups excluding carboxylic acids is 1. The zero-order chi connectivity index (χ0) is 15.9. The molecule has 2 bridgehead atoms. The molecule has 2 aliphatic heterocycles. The van der Waals surface area contributed by atoms with Gasteiger partial charge in [0.1, 0.15) is 0 Å². The van der Waals surface area contributed by atoms with E-state index < -0.39 is 6.55 Å². The Kier molecular flexibility index (Phi) is 4.16. The predicted molar refractivity (Wildman–Crippen MR) is 77.8 cm³/mol. The Labute approximate surface area is 128 Å². The first-order valence-corrected chi connectivity index (χ1v) is 7.83. The number of aromatic nitrogens is 2. The molecule has 1 aromatic heterocycles. The molecule has 3 rings (SSSR count). The minimum atomic E-state index is -2.67. The molecule has 7 heteroatoms. The molecule has 0 radical (unpaired) electrons. The van der Waals surface area contributed by atoms with Gasteiger partial charge in [0.2, 0.25) is 5.91 Å². The van der Waals surface area contributed by atoms with Gasteiger partial charge < -0.3 is 10.2 Å². The number of carbonyl (C=O) groups is 1. The van der Waals surface area contributed by atoms with Crippen LogP contribution >= 0.6 is 0 Å². The lowest BCUT2D eigenvalue weighted by Gasteiger charge is -2.28. The Balaban J connectivity index is 1.80. The van der Waals surface area contributed by atoms with Gasteiger partial charge in [0.25, 0.3) is 0 Å². The molecule has 22 heavy (non-hydrogen) atoms. The van der Waals surface area contributed by atoms with Gasteiger partial charge in [-0.25, -0.2) is 4.68 Å². The predicted octanol–water partition coefficient (Wildman–Crippen LogP) is 1.79. The van der Waals surface area contributed by atoms with Crippen LogP contribution in [0.5, 0.6) is 0 Å². The van der Waals surface area contributed by atoms with Crippen LogP contribution in [0.2, 0.25) is 0 Å². The van der Waals surface area contributed by atoms with E-state index in [0.29, 0.717) is 27.7 Å². The maximum Gasteiger partial charge on any atom is 0.333 e. The topological polar surface area (TPSA) is 50.2 Å². The van der Waals surface area contributed by atoms with Crippen molar-refractivity contribution in [3.8, 4) is 0 Å². The van der Waals surface area contributed by atoms with Crippen molar-refractivity contribution >= 4 is 5.91 Å². The minimum Gasteiger partial charge on any atom is -0.335 e.